The summed E-state index contributed by atoms with van der Waals surface area (Å²) in [6.45, 7) is 1.97. The van der Waals surface area contributed by atoms with Crippen molar-refractivity contribution in [2.24, 2.45) is 0 Å². The van der Waals surface area contributed by atoms with E-state index in [2.05, 4.69) is 30.6 Å². The molecular weight excluding hydrogens is 285 g/mol. The topological polar surface area (TPSA) is 75.6 Å². The van der Waals surface area contributed by atoms with Crippen molar-refractivity contribution in [1.82, 2.24) is 19.9 Å². The van der Waals surface area contributed by atoms with Crippen molar-refractivity contribution in [3.63, 3.8) is 0 Å². The molecule has 0 bridgehead atoms. The standard InChI is InChI=1S/C12H13F3N6/c1-7-17-4-3-8(19-7)6-18-10-5-9(12(13,14)15)20-11(16-2)21-10/h3-5H,6H2,1-2H3,(H2,16,18,20,21). The zero-order valence-electron chi connectivity index (χ0n) is 11.4. The third-order valence-corrected chi connectivity index (χ3v) is 2.52. The van der Waals surface area contributed by atoms with Crippen LogP contribution in [0.2, 0.25) is 0 Å². The molecule has 6 nitrogen and oxygen atoms in total. The minimum Gasteiger partial charge on any atom is -0.364 e. The first kappa shape index (κ1) is 14.9. The molecule has 2 N–H and O–H groups in total. The van der Waals surface area contributed by atoms with Gasteiger partial charge in [-0.25, -0.2) is 15.0 Å². The van der Waals surface area contributed by atoms with E-state index in [4.69, 9.17) is 0 Å². The fourth-order valence-electron chi connectivity index (χ4n) is 1.58. The van der Waals surface area contributed by atoms with Gasteiger partial charge in [-0.2, -0.15) is 18.2 Å². The molecule has 2 heterocycles. The lowest BCUT2D eigenvalue weighted by molar-refractivity contribution is -0.141. The summed E-state index contributed by atoms with van der Waals surface area (Å²) in [4.78, 5) is 15.4. The molecule has 9 heteroatoms. The lowest BCUT2D eigenvalue weighted by Crippen LogP contribution is -2.13. The molecule has 0 atom stereocenters. The van der Waals surface area contributed by atoms with Crippen LogP contribution in [0.4, 0.5) is 24.9 Å². The minimum absolute atomic E-state index is 0.0675. The van der Waals surface area contributed by atoms with Crippen molar-refractivity contribution in [1.29, 1.82) is 0 Å². The van der Waals surface area contributed by atoms with Gasteiger partial charge in [0.1, 0.15) is 11.6 Å². The van der Waals surface area contributed by atoms with Gasteiger partial charge in [-0.05, 0) is 13.0 Å². The smallest absolute Gasteiger partial charge is 0.364 e. The molecule has 0 aliphatic rings. The number of halogens is 3. The summed E-state index contributed by atoms with van der Waals surface area (Å²) >= 11 is 0. The number of hydrogen-bond donors (Lipinski definition) is 2. The van der Waals surface area contributed by atoms with E-state index < -0.39 is 11.9 Å². The number of alkyl halides is 3. The number of aryl methyl sites for hydroxylation is 1. The van der Waals surface area contributed by atoms with Crippen LogP contribution < -0.4 is 10.6 Å². The van der Waals surface area contributed by atoms with E-state index in [1.165, 1.54) is 7.05 Å². The van der Waals surface area contributed by atoms with Gasteiger partial charge >= 0.3 is 6.18 Å². The second kappa shape index (κ2) is 5.90. The largest absolute Gasteiger partial charge is 0.433 e. The quantitative estimate of drug-likeness (QED) is 0.901. The highest BCUT2D eigenvalue weighted by atomic mass is 19.4. The summed E-state index contributed by atoms with van der Waals surface area (Å²) in [5, 5.41) is 5.29. The molecule has 21 heavy (non-hydrogen) atoms. The zero-order chi connectivity index (χ0) is 15.5. The van der Waals surface area contributed by atoms with E-state index in [0.717, 1.165) is 6.07 Å². The molecule has 112 valence electrons. The van der Waals surface area contributed by atoms with Crippen LogP contribution in [0.5, 0.6) is 0 Å². The Morgan fingerprint density at radius 1 is 1.19 bits per heavy atom. The van der Waals surface area contributed by atoms with Crippen molar-refractivity contribution in [3.05, 3.63) is 35.5 Å². The average molecular weight is 298 g/mol. The first-order valence-corrected chi connectivity index (χ1v) is 6.05. The van der Waals surface area contributed by atoms with Gasteiger partial charge < -0.3 is 10.6 Å². The van der Waals surface area contributed by atoms with Gasteiger partial charge in [0.15, 0.2) is 5.69 Å². The molecule has 0 aliphatic heterocycles. The van der Waals surface area contributed by atoms with Crippen molar-refractivity contribution in [3.8, 4) is 0 Å². The van der Waals surface area contributed by atoms with Crippen LogP contribution in [-0.2, 0) is 12.7 Å². The van der Waals surface area contributed by atoms with Crippen molar-refractivity contribution >= 4 is 11.8 Å². The number of aromatic nitrogens is 4. The molecule has 2 rings (SSSR count). The molecular formula is C12H13F3N6. The minimum atomic E-state index is -4.53. The molecule has 0 fully saturated rings. The normalized spacial score (nSPS) is 11.3. The van der Waals surface area contributed by atoms with Gasteiger partial charge in [0.25, 0.3) is 0 Å². The third kappa shape index (κ3) is 4.01. The van der Waals surface area contributed by atoms with Crippen LogP contribution in [0.25, 0.3) is 0 Å². The van der Waals surface area contributed by atoms with Gasteiger partial charge in [0.05, 0.1) is 12.2 Å². The molecule has 0 amide bonds. The lowest BCUT2D eigenvalue weighted by atomic mass is 10.3. The van der Waals surface area contributed by atoms with Gasteiger partial charge in [0.2, 0.25) is 5.95 Å². The second-order valence-electron chi connectivity index (χ2n) is 4.16. The maximum Gasteiger partial charge on any atom is 0.433 e. The van der Waals surface area contributed by atoms with E-state index in [1.807, 2.05) is 0 Å². The highest BCUT2D eigenvalue weighted by molar-refractivity contribution is 5.43. The van der Waals surface area contributed by atoms with Crippen molar-refractivity contribution < 1.29 is 13.2 Å². The molecule has 0 saturated heterocycles. The maximum atomic E-state index is 12.7. The van der Waals surface area contributed by atoms with Gasteiger partial charge in [0, 0.05) is 19.3 Å². The number of nitrogens with one attached hydrogen (secondary N) is 2. The summed E-state index contributed by atoms with van der Waals surface area (Å²) in [6.07, 6.45) is -2.95. The van der Waals surface area contributed by atoms with Crippen molar-refractivity contribution in [2.75, 3.05) is 17.7 Å². The van der Waals surface area contributed by atoms with E-state index in [0.29, 0.717) is 11.5 Å². The summed E-state index contributed by atoms with van der Waals surface area (Å²) in [5.41, 5.74) is -0.358. The van der Waals surface area contributed by atoms with Gasteiger partial charge in [-0.15, -0.1) is 0 Å². The SMILES string of the molecule is CNc1nc(NCc2ccnc(C)n2)cc(C(F)(F)F)n1. The molecule has 0 radical (unpaired) electrons. The van der Waals surface area contributed by atoms with E-state index in [1.54, 1.807) is 19.2 Å². The molecule has 0 saturated carbocycles. The first-order valence-electron chi connectivity index (χ1n) is 6.05. The zero-order valence-corrected chi connectivity index (χ0v) is 11.4. The number of nitrogens with zero attached hydrogens (tertiary/aromatic N) is 4. The Morgan fingerprint density at radius 2 is 1.95 bits per heavy atom. The monoisotopic (exact) mass is 298 g/mol. The molecule has 2 aromatic rings. The average Bonchev–Trinajstić information content (AvgIpc) is 2.44. The van der Waals surface area contributed by atoms with Gasteiger partial charge in [-0.1, -0.05) is 0 Å². The Hall–Kier alpha value is -2.45. The molecule has 0 spiro atoms. The first-order chi connectivity index (χ1) is 9.88. The Balaban J connectivity index is 2.19. The number of anilines is 2. The second-order valence-corrected chi connectivity index (χ2v) is 4.16. The van der Waals surface area contributed by atoms with Crippen LogP contribution in [0, 0.1) is 6.92 Å². The van der Waals surface area contributed by atoms with Crippen LogP contribution in [0.3, 0.4) is 0 Å². The summed E-state index contributed by atoms with van der Waals surface area (Å²) in [5.74, 6) is 0.549. The van der Waals surface area contributed by atoms with Crippen LogP contribution in [-0.4, -0.2) is 27.0 Å². The van der Waals surface area contributed by atoms with E-state index >= 15 is 0 Å². The summed E-state index contributed by atoms with van der Waals surface area (Å²) in [6, 6.07) is 2.53. The highest BCUT2D eigenvalue weighted by Crippen LogP contribution is 2.29. The maximum absolute atomic E-state index is 12.7. The van der Waals surface area contributed by atoms with Crippen LogP contribution in [0.1, 0.15) is 17.2 Å². The fraction of sp³-hybridized carbons (Fsp3) is 0.333. The Labute approximate surface area is 118 Å². The van der Waals surface area contributed by atoms with Crippen molar-refractivity contribution in [2.45, 2.75) is 19.6 Å². The van der Waals surface area contributed by atoms with Crippen LogP contribution >= 0.6 is 0 Å². The Kier molecular flexibility index (Phi) is 4.20. The number of hydrogen-bond acceptors (Lipinski definition) is 6. The molecule has 2 aromatic heterocycles. The van der Waals surface area contributed by atoms with Gasteiger partial charge in [-0.3, -0.25) is 0 Å². The summed E-state index contributed by atoms with van der Waals surface area (Å²) in [7, 11) is 1.45. The molecule has 0 unspecified atom stereocenters. The predicted molar refractivity (Wildman–Crippen MR) is 70.7 cm³/mol. The predicted octanol–water partition coefficient (Wildman–Crippen LogP) is 2.25. The highest BCUT2D eigenvalue weighted by Gasteiger charge is 2.33. The lowest BCUT2D eigenvalue weighted by Gasteiger charge is -2.11. The van der Waals surface area contributed by atoms with E-state index in [9.17, 15) is 13.2 Å². The van der Waals surface area contributed by atoms with Crippen LogP contribution in [0.15, 0.2) is 18.3 Å². The number of rotatable bonds is 4. The fourth-order valence-corrected chi connectivity index (χ4v) is 1.58. The molecule has 0 aliphatic carbocycles. The Morgan fingerprint density at radius 3 is 2.57 bits per heavy atom. The van der Waals surface area contributed by atoms with E-state index in [-0.39, 0.29) is 18.3 Å². The molecule has 0 aromatic carbocycles. The third-order valence-electron chi connectivity index (χ3n) is 2.52. The Bertz CT molecular complexity index is 629. The summed E-state index contributed by atoms with van der Waals surface area (Å²) < 4.78 is 38.2.